The Morgan fingerprint density at radius 2 is 1.12 bits per heavy atom. The molecule has 1 atom stereocenters. The van der Waals surface area contributed by atoms with Gasteiger partial charge in [0.2, 0.25) is 0 Å². The van der Waals surface area contributed by atoms with Crippen LogP contribution < -0.4 is 43.4 Å². The number of ether oxygens (including phenoxy) is 1. The summed E-state index contributed by atoms with van der Waals surface area (Å²) < 4.78 is 6.30. The minimum Gasteiger partial charge on any atom is -1.00 e. The Bertz CT molecular complexity index is 1020. The van der Waals surface area contributed by atoms with E-state index in [1.54, 1.807) is 0 Å². The average molecular weight is 534 g/mol. The van der Waals surface area contributed by atoms with Crippen molar-refractivity contribution in [3.05, 3.63) is 121 Å². The highest BCUT2D eigenvalue weighted by Crippen LogP contribution is 2.55. The Balaban J connectivity index is 0.00000324. The molecule has 4 rings (SSSR count). The van der Waals surface area contributed by atoms with Gasteiger partial charge in [-0.25, -0.2) is 0 Å². The molecule has 4 heteroatoms. The monoisotopic (exact) mass is 533 g/mol. The Kier molecular flexibility index (Phi) is 9.89. The highest BCUT2D eigenvalue weighted by atomic mass is 79.9. The molecule has 0 amide bonds. The molecule has 0 saturated heterocycles. The van der Waals surface area contributed by atoms with Gasteiger partial charge in [-0.15, -0.1) is 0 Å². The van der Waals surface area contributed by atoms with E-state index in [4.69, 9.17) is 10.5 Å². The molecule has 0 heterocycles. The maximum Gasteiger partial charge on any atom is 0.122 e. The van der Waals surface area contributed by atoms with Crippen LogP contribution in [0.2, 0.25) is 0 Å². The molecule has 0 aliphatic carbocycles. The Labute approximate surface area is 215 Å². The van der Waals surface area contributed by atoms with Gasteiger partial charge < -0.3 is 27.5 Å². The Hall–Kier alpha value is -2.45. The molecule has 0 bridgehead atoms. The summed E-state index contributed by atoms with van der Waals surface area (Å²) in [5, 5.41) is 4.25. The lowest BCUT2D eigenvalue weighted by atomic mass is 10.1. The van der Waals surface area contributed by atoms with Gasteiger partial charge >= 0.3 is 0 Å². The summed E-state index contributed by atoms with van der Waals surface area (Å²) in [6, 6.07) is 41.5. The summed E-state index contributed by atoms with van der Waals surface area (Å²) in [5.41, 5.74) is 7.23. The zero-order valence-electron chi connectivity index (χ0n) is 19.7. The van der Waals surface area contributed by atoms with E-state index in [9.17, 15) is 0 Å². The van der Waals surface area contributed by atoms with E-state index in [2.05, 4.69) is 109 Å². The fourth-order valence-corrected chi connectivity index (χ4v) is 8.84. The van der Waals surface area contributed by atoms with Crippen molar-refractivity contribution in [2.75, 3.05) is 12.8 Å². The summed E-state index contributed by atoms with van der Waals surface area (Å²) in [5.74, 6) is 0.956. The van der Waals surface area contributed by atoms with Gasteiger partial charge in [0.15, 0.2) is 0 Å². The summed E-state index contributed by atoms with van der Waals surface area (Å²) in [7, 11) is -1.81. The summed E-state index contributed by atoms with van der Waals surface area (Å²) in [6.07, 6.45) is 2.85. The predicted octanol–water partition coefficient (Wildman–Crippen LogP) is 2.34. The van der Waals surface area contributed by atoms with Gasteiger partial charge in [0.25, 0.3) is 0 Å². The van der Waals surface area contributed by atoms with Gasteiger partial charge in [0, 0.05) is 12.5 Å². The van der Waals surface area contributed by atoms with E-state index in [1.165, 1.54) is 21.5 Å². The molecule has 2 nitrogen and oxygen atoms in total. The highest BCUT2D eigenvalue weighted by Gasteiger charge is 2.44. The smallest absolute Gasteiger partial charge is 0.122 e. The second-order valence-electron chi connectivity index (χ2n) is 8.53. The van der Waals surface area contributed by atoms with Crippen LogP contribution in [0.25, 0.3) is 0 Å². The van der Waals surface area contributed by atoms with Crippen molar-refractivity contribution in [3.8, 4) is 5.75 Å². The first kappa shape index (κ1) is 26.2. The molecule has 2 N–H and O–H groups in total. The van der Waals surface area contributed by atoms with Crippen molar-refractivity contribution in [2.24, 2.45) is 5.73 Å². The fourth-order valence-electron chi connectivity index (χ4n) is 4.53. The van der Waals surface area contributed by atoms with Crippen molar-refractivity contribution in [3.63, 3.8) is 0 Å². The maximum atomic E-state index is 6.30. The first-order chi connectivity index (χ1) is 16.2. The van der Waals surface area contributed by atoms with Gasteiger partial charge in [0.1, 0.15) is 28.9 Å². The number of para-hydroxylation sites is 1. The first-order valence-corrected chi connectivity index (χ1v) is 13.7. The number of halogens is 1. The third-order valence-corrected chi connectivity index (χ3v) is 10.5. The van der Waals surface area contributed by atoms with Gasteiger partial charge in [0.05, 0.1) is 12.8 Å². The number of hydrogen-bond acceptors (Lipinski definition) is 2. The van der Waals surface area contributed by atoms with Crippen LogP contribution >= 0.6 is 7.26 Å². The fraction of sp³-hybridized carbons (Fsp3) is 0.200. The van der Waals surface area contributed by atoms with E-state index < -0.39 is 7.26 Å². The largest absolute Gasteiger partial charge is 1.00 e. The molecule has 176 valence electrons. The number of hydrogen-bond donors (Lipinski definition) is 1. The molecule has 0 saturated carbocycles. The molecule has 4 aromatic rings. The van der Waals surface area contributed by atoms with E-state index >= 15 is 0 Å². The van der Waals surface area contributed by atoms with E-state index in [1.807, 2.05) is 13.0 Å². The van der Waals surface area contributed by atoms with Crippen molar-refractivity contribution < 1.29 is 21.7 Å². The molecule has 0 aliphatic heterocycles. The van der Waals surface area contributed by atoms with Gasteiger partial charge in [-0.05, 0) is 61.4 Å². The minimum atomic E-state index is -1.81. The lowest BCUT2D eigenvalue weighted by Crippen LogP contribution is -3.00. The quantitative estimate of drug-likeness (QED) is 0.251. The van der Waals surface area contributed by atoms with Crippen molar-refractivity contribution in [1.29, 1.82) is 0 Å². The lowest BCUT2D eigenvalue weighted by Gasteiger charge is -2.27. The van der Waals surface area contributed by atoms with Crippen LogP contribution in [0.3, 0.4) is 0 Å². The van der Waals surface area contributed by atoms with Gasteiger partial charge in [-0.1, -0.05) is 72.8 Å². The van der Waals surface area contributed by atoms with E-state index in [-0.39, 0.29) is 23.0 Å². The van der Waals surface area contributed by atoms with Crippen molar-refractivity contribution in [2.45, 2.75) is 25.8 Å². The van der Waals surface area contributed by atoms with Crippen LogP contribution in [0.5, 0.6) is 5.75 Å². The number of nitrogens with two attached hydrogens (primary N) is 1. The third-order valence-electron chi connectivity index (χ3n) is 6.00. The average Bonchev–Trinajstić information content (AvgIpc) is 2.86. The standard InChI is InChI=1S/C30H33NOP.BrH/c1-25(31)24-26-14-11-12-21-30(26)32-22-13-23-33(27-15-5-2-6-16-27,28-17-7-3-8-18-28)29-19-9-4-10-20-29;/h2-12,14-21,25H,13,22-24,31H2,1H3;1H/q+1;/p-1. The predicted molar refractivity (Wildman–Crippen MR) is 144 cm³/mol. The molecular formula is C30H33BrNOP. The lowest BCUT2D eigenvalue weighted by molar-refractivity contribution is -0.00000716. The maximum absolute atomic E-state index is 6.30. The SMILES string of the molecule is CC(N)Cc1ccccc1OCCC[P+](c1ccccc1)(c1ccccc1)c1ccccc1.[Br-]. The van der Waals surface area contributed by atoms with Crippen LogP contribution in [0.4, 0.5) is 0 Å². The van der Waals surface area contributed by atoms with Crippen molar-refractivity contribution >= 4 is 23.2 Å². The molecule has 0 radical (unpaired) electrons. The van der Waals surface area contributed by atoms with E-state index in [0.29, 0.717) is 6.61 Å². The Morgan fingerprint density at radius 1 is 0.676 bits per heavy atom. The molecule has 1 unspecified atom stereocenters. The second kappa shape index (κ2) is 12.9. The zero-order valence-corrected chi connectivity index (χ0v) is 22.2. The molecule has 0 fully saturated rings. The van der Waals surface area contributed by atoms with Crippen LogP contribution in [0, 0.1) is 0 Å². The molecule has 0 spiro atoms. The van der Waals surface area contributed by atoms with Crippen LogP contribution in [-0.4, -0.2) is 18.8 Å². The molecule has 34 heavy (non-hydrogen) atoms. The van der Waals surface area contributed by atoms with Crippen molar-refractivity contribution in [1.82, 2.24) is 0 Å². The highest BCUT2D eigenvalue weighted by molar-refractivity contribution is 7.95. The third kappa shape index (κ3) is 6.16. The molecule has 4 aromatic carbocycles. The van der Waals surface area contributed by atoms with Gasteiger partial charge in [-0.3, -0.25) is 0 Å². The molecular weight excluding hydrogens is 501 g/mol. The zero-order chi connectivity index (χ0) is 22.9. The summed E-state index contributed by atoms with van der Waals surface area (Å²) in [4.78, 5) is 0. The summed E-state index contributed by atoms with van der Waals surface area (Å²) >= 11 is 0. The molecule has 0 aromatic heterocycles. The molecule has 0 aliphatic rings. The number of benzene rings is 4. The van der Waals surface area contributed by atoms with Gasteiger partial charge in [-0.2, -0.15) is 0 Å². The normalized spacial score (nSPS) is 11.9. The van der Waals surface area contributed by atoms with Crippen LogP contribution in [-0.2, 0) is 6.42 Å². The first-order valence-electron chi connectivity index (χ1n) is 11.7. The minimum absolute atomic E-state index is 0. The second-order valence-corrected chi connectivity index (χ2v) is 12.1. The van der Waals surface area contributed by atoms with E-state index in [0.717, 1.165) is 24.8 Å². The summed E-state index contributed by atoms with van der Waals surface area (Å²) in [6.45, 7) is 2.72. The Morgan fingerprint density at radius 3 is 1.59 bits per heavy atom. The number of rotatable bonds is 10. The topological polar surface area (TPSA) is 35.2 Å². The van der Waals surface area contributed by atoms with Crippen LogP contribution in [0.1, 0.15) is 18.9 Å². The van der Waals surface area contributed by atoms with Crippen LogP contribution in [0.15, 0.2) is 115 Å².